The van der Waals surface area contributed by atoms with Crippen molar-refractivity contribution < 1.29 is 9.18 Å². The van der Waals surface area contributed by atoms with Crippen molar-refractivity contribution in [2.45, 2.75) is 25.7 Å². The monoisotopic (exact) mass is 375 g/mol. The number of carbonyl (C=O) groups is 1. The standard InChI is InChI=1S/C23H22FN3O/c1-16-4-6-17(7-5-16)22-25-13-12-21(26-22)19-3-2-14-27(15-19)23(28)18-8-10-20(24)11-9-18/h4-13,19H,2-3,14-15H2,1H3/t19-/m0/s1. The van der Waals surface area contributed by atoms with Gasteiger partial charge in [0, 0.05) is 42.0 Å². The van der Waals surface area contributed by atoms with Crippen molar-refractivity contribution in [1.82, 2.24) is 14.9 Å². The van der Waals surface area contributed by atoms with Gasteiger partial charge in [-0.15, -0.1) is 0 Å². The second-order valence-electron chi connectivity index (χ2n) is 7.27. The van der Waals surface area contributed by atoms with Crippen molar-refractivity contribution in [1.29, 1.82) is 0 Å². The molecular formula is C23H22FN3O. The summed E-state index contributed by atoms with van der Waals surface area (Å²) in [6.45, 7) is 3.37. The Hall–Kier alpha value is -3.08. The van der Waals surface area contributed by atoms with Gasteiger partial charge in [0.15, 0.2) is 5.82 Å². The summed E-state index contributed by atoms with van der Waals surface area (Å²) in [7, 11) is 0. The fourth-order valence-corrected chi connectivity index (χ4v) is 3.62. The van der Waals surface area contributed by atoms with E-state index in [1.165, 1.54) is 17.7 Å². The Balaban J connectivity index is 1.53. The quantitative estimate of drug-likeness (QED) is 0.671. The van der Waals surface area contributed by atoms with Gasteiger partial charge in [-0.1, -0.05) is 29.8 Å². The van der Waals surface area contributed by atoms with E-state index in [-0.39, 0.29) is 17.6 Å². The third-order valence-corrected chi connectivity index (χ3v) is 5.20. The molecule has 1 atom stereocenters. The van der Waals surface area contributed by atoms with E-state index in [1.807, 2.05) is 23.1 Å². The molecule has 0 saturated carbocycles. The number of aryl methyl sites for hydroxylation is 1. The SMILES string of the molecule is Cc1ccc(-c2nccc([C@H]3CCCN(C(=O)c4ccc(F)cc4)C3)n2)cc1. The Kier molecular flexibility index (Phi) is 5.15. The molecule has 0 radical (unpaired) electrons. The molecule has 2 heterocycles. The molecule has 1 aliphatic heterocycles. The average Bonchev–Trinajstić information content (AvgIpc) is 2.74. The predicted octanol–water partition coefficient (Wildman–Crippen LogP) is 4.61. The van der Waals surface area contributed by atoms with E-state index in [0.29, 0.717) is 24.5 Å². The molecule has 4 rings (SSSR count). The lowest BCUT2D eigenvalue weighted by Crippen LogP contribution is -2.39. The van der Waals surface area contributed by atoms with E-state index >= 15 is 0 Å². The minimum atomic E-state index is -0.335. The highest BCUT2D eigenvalue weighted by atomic mass is 19.1. The summed E-state index contributed by atoms with van der Waals surface area (Å²) >= 11 is 0. The molecule has 1 aliphatic rings. The van der Waals surface area contributed by atoms with Crippen LogP contribution in [0.25, 0.3) is 11.4 Å². The highest BCUT2D eigenvalue weighted by Gasteiger charge is 2.26. The molecule has 0 unspecified atom stereocenters. The number of amides is 1. The van der Waals surface area contributed by atoms with Crippen molar-refractivity contribution in [2.24, 2.45) is 0 Å². The molecule has 142 valence electrons. The lowest BCUT2D eigenvalue weighted by atomic mass is 9.94. The van der Waals surface area contributed by atoms with Gasteiger partial charge in [0.1, 0.15) is 5.82 Å². The van der Waals surface area contributed by atoms with Gasteiger partial charge in [0.05, 0.1) is 0 Å². The van der Waals surface area contributed by atoms with Crippen LogP contribution in [0.1, 0.15) is 40.4 Å². The van der Waals surface area contributed by atoms with Crippen LogP contribution in [0.5, 0.6) is 0 Å². The molecule has 1 fully saturated rings. The number of halogens is 1. The molecule has 2 aromatic carbocycles. The number of hydrogen-bond donors (Lipinski definition) is 0. The van der Waals surface area contributed by atoms with Crippen LogP contribution >= 0.6 is 0 Å². The van der Waals surface area contributed by atoms with Crippen LogP contribution in [0, 0.1) is 12.7 Å². The summed E-state index contributed by atoms with van der Waals surface area (Å²) in [6.07, 6.45) is 3.69. The maximum Gasteiger partial charge on any atom is 0.253 e. The smallest absolute Gasteiger partial charge is 0.253 e. The second-order valence-corrected chi connectivity index (χ2v) is 7.27. The van der Waals surface area contributed by atoms with Crippen molar-refractivity contribution >= 4 is 5.91 Å². The van der Waals surface area contributed by atoms with Crippen LogP contribution in [0.15, 0.2) is 60.8 Å². The van der Waals surface area contributed by atoms with E-state index in [2.05, 4.69) is 24.0 Å². The first-order valence-electron chi connectivity index (χ1n) is 9.55. The number of aromatic nitrogens is 2. The first-order chi connectivity index (χ1) is 13.6. The van der Waals surface area contributed by atoms with Crippen molar-refractivity contribution in [3.63, 3.8) is 0 Å². The zero-order valence-corrected chi connectivity index (χ0v) is 15.8. The van der Waals surface area contributed by atoms with Crippen molar-refractivity contribution in [3.8, 4) is 11.4 Å². The largest absolute Gasteiger partial charge is 0.338 e. The van der Waals surface area contributed by atoms with Crippen molar-refractivity contribution in [3.05, 3.63) is 83.4 Å². The van der Waals surface area contributed by atoms with Gasteiger partial charge in [0.2, 0.25) is 0 Å². The van der Waals surface area contributed by atoms with Crippen LogP contribution < -0.4 is 0 Å². The molecule has 5 heteroatoms. The average molecular weight is 375 g/mol. The Bertz CT molecular complexity index is 970. The first-order valence-corrected chi connectivity index (χ1v) is 9.55. The third-order valence-electron chi connectivity index (χ3n) is 5.20. The zero-order valence-electron chi connectivity index (χ0n) is 15.8. The van der Waals surface area contributed by atoms with E-state index in [9.17, 15) is 9.18 Å². The third kappa shape index (κ3) is 3.93. The zero-order chi connectivity index (χ0) is 19.5. The van der Waals surface area contributed by atoms with Crippen LogP contribution in [0.3, 0.4) is 0 Å². The summed E-state index contributed by atoms with van der Waals surface area (Å²) in [5.74, 6) is 0.486. The molecule has 28 heavy (non-hydrogen) atoms. The maximum absolute atomic E-state index is 13.1. The topological polar surface area (TPSA) is 46.1 Å². The predicted molar refractivity (Wildman–Crippen MR) is 106 cm³/mol. The van der Waals surface area contributed by atoms with E-state index in [0.717, 1.165) is 24.1 Å². The van der Waals surface area contributed by atoms with Gasteiger partial charge in [-0.2, -0.15) is 0 Å². The van der Waals surface area contributed by atoms with Crippen LogP contribution in [-0.2, 0) is 0 Å². The van der Waals surface area contributed by atoms with Crippen molar-refractivity contribution in [2.75, 3.05) is 13.1 Å². The minimum Gasteiger partial charge on any atom is -0.338 e. The molecule has 1 aromatic heterocycles. The van der Waals surface area contributed by atoms with Crippen LogP contribution in [0.2, 0.25) is 0 Å². The fraction of sp³-hybridized carbons (Fsp3) is 0.261. The lowest BCUT2D eigenvalue weighted by Gasteiger charge is -2.32. The summed E-state index contributed by atoms with van der Waals surface area (Å²) in [5, 5.41) is 0. The molecular weight excluding hydrogens is 353 g/mol. The van der Waals surface area contributed by atoms with E-state index in [4.69, 9.17) is 4.98 Å². The minimum absolute atomic E-state index is 0.0579. The second kappa shape index (κ2) is 7.89. The number of piperidine rings is 1. The van der Waals surface area contributed by atoms with Gasteiger partial charge in [-0.05, 0) is 50.1 Å². The number of hydrogen-bond acceptors (Lipinski definition) is 3. The number of rotatable bonds is 3. The Morgan fingerprint density at radius 3 is 2.57 bits per heavy atom. The number of nitrogens with zero attached hydrogens (tertiary/aromatic N) is 3. The molecule has 1 amide bonds. The van der Waals surface area contributed by atoms with E-state index < -0.39 is 0 Å². The van der Waals surface area contributed by atoms with Crippen LogP contribution in [0.4, 0.5) is 4.39 Å². The molecule has 3 aromatic rings. The normalized spacial score (nSPS) is 16.8. The molecule has 0 bridgehead atoms. The summed E-state index contributed by atoms with van der Waals surface area (Å²) in [4.78, 5) is 23.8. The highest BCUT2D eigenvalue weighted by Crippen LogP contribution is 2.28. The first kappa shape index (κ1) is 18.3. The van der Waals surface area contributed by atoms with Gasteiger partial charge < -0.3 is 4.90 Å². The van der Waals surface area contributed by atoms with E-state index in [1.54, 1.807) is 18.3 Å². The summed E-state index contributed by atoms with van der Waals surface area (Å²) in [5.41, 5.74) is 3.66. The van der Waals surface area contributed by atoms with Crippen LogP contribution in [-0.4, -0.2) is 33.9 Å². The van der Waals surface area contributed by atoms with Gasteiger partial charge >= 0.3 is 0 Å². The number of benzene rings is 2. The molecule has 0 N–H and O–H groups in total. The Morgan fingerprint density at radius 1 is 1.07 bits per heavy atom. The fourth-order valence-electron chi connectivity index (χ4n) is 3.62. The Morgan fingerprint density at radius 2 is 1.82 bits per heavy atom. The molecule has 4 nitrogen and oxygen atoms in total. The number of likely N-dealkylation sites (tertiary alicyclic amines) is 1. The Labute approximate surface area is 164 Å². The number of carbonyl (C=O) groups excluding carboxylic acids is 1. The summed E-state index contributed by atoms with van der Waals surface area (Å²) < 4.78 is 13.1. The van der Waals surface area contributed by atoms with Gasteiger partial charge in [0.25, 0.3) is 5.91 Å². The highest BCUT2D eigenvalue weighted by molar-refractivity contribution is 5.94. The van der Waals surface area contributed by atoms with Gasteiger partial charge in [-0.25, -0.2) is 14.4 Å². The van der Waals surface area contributed by atoms with Gasteiger partial charge in [-0.3, -0.25) is 4.79 Å². The molecule has 0 aliphatic carbocycles. The molecule has 0 spiro atoms. The summed E-state index contributed by atoms with van der Waals surface area (Å²) in [6, 6.07) is 15.8. The molecule has 1 saturated heterocycles. The lowest BCUT2D eigenvalue weighted by molar-refractivity contribution is 0.0706. The maximum atomic E-state index is 13.1.